The molecule has 0 aliphatic carbocycles. The van der Waals surface area contributed by atoms with Crippen molar-refractivity contribution >= 4 is 24.0 Å². The summed E-state index contributed by atoms with van der Waals surface area (Å²) in [7, 11) is 0. The highest BCUT2D eigenvalue weighted by atomic mass is 35.5. The summed E-state index contributed by atoms with van der Waals surface area (Å²) in [6.07, 6.45) is 0.492. The summed E-state index contributed by atoms with van der Waals surface area (Å²) in [5, 5.41) is 2.93. The van der Waals surface area contributed by atoms with Crippen molar-refractivity contribution in [1.29, 1.82) is 0 Å². The summed E-state index contributed by atoms with van der Waals surface area (Å²) >= 11 is 0. The minimum atomic E-state index is 0. The number of carbonyl (C=O) groups excluding carboxylic acids is 1. The number of ether oxygens (including phenoxy) is 2. The van der Waals surface area contributed by atoms with Crippen molar-refractivity contribution in [3.05, 3.63) is 60.2 Å². The van der Waals surface area contributed by atoms with E-state index in [2.05, 4.69) is 10.2 Å². The van der Waals surface area contributed by atoms with Crippen molar-refractivity contribution < 1.29 is 14.3 Å². The Morgan fingerprint density at radius 3 is 2.42 bits per heavy atom. The van der Waals surface area contributed by atoms with Gasteiger partial charge in [-0.2, -0.15) is 0 Å². The van der Waals surface area contributed by atoms with Gasteiger partial charge in [-0.1, -0.05) is 30.3 Å². The molecule has 0 bridgehead atoms. The minimum Gasteiger partial charge on any atom is -0.489 e. The molecule has 5 nitrogen and oxygen atoms in total. The van der Waals surface area contributed by atoms with Crippen molar-refractivity contribution in [3.8, 4) is 5.75 Å². The Morgan fingerprint density at radius 1 is 1.04 bits per heavy atom. The molecule has 1 aliphatic rings. The Kier molecular flexibility index (Phi) is 8.41. The standard InChI is InChI=1S/C20H24N2O3.ClH/c23-20(10-11-22-12-14-24-15-13-22)21-18-6-8-19(9-7-18)25-16-17-4-2-1-3-5-17;/h1-9H,10-16H2,(H,21,23);1H. The van der Waals surface area contributed by atoms with Gasteiger partial charge in [0.05, 0.1) is 13.2 Å². The molecule has 3 rings (SSSR count). The molecule has 2 aromatic rings. The number of benzene rings is 2. The van der Waals surface area contributed by atoms with E-state index in [1.54, 1.807) is 0 Å². The molecule has 0 spiro atoms. The van der Waals surface area contributed by atoms with Crippen LogP contribution in [-0.2, 0) is 16.1 Å². The van der Waals surface area contributed by atoms with Gasteiger partial charge in [-0.25, -0.2) is 0 Å². The van der Waals surface area contributed by atoms with Crippen LogP contribution in [0.2, 0.25) is 0 Å². The fraction of sp³-hybridized carbons (Fsp3) is 0.350. The molecule has 26 heavy (non-hydrogen) atoms. The topological polar surface area (TPSA) is 50.8 Å². The Balaban J connectivity index is 0.00000243. The Morgan fingerprint density at radius 2 is 1.73 bits per heavy atom. The van der Waals surface area contributed by atoms with Gasteiger partial charge in [0.25, 0.3) is 0 Å². The van der Waals surface area contributed by atoms with Crippen LogP contribution in [0.1, 0.15) is 12.0 Å². The third-order valence-electron chi connectivity index (χ3n) is 4.15. The number of halogens is 1. The molecular weight excluding hydrogens is 352 g/mol. The zero-order valence-corrected chi connectivity index (χ0v) is 15.5. The summed E-state index contributed by atoms with van der Waals surface area (Å²) in [6.45, 7) is 4.62. The van der Waals surface area contributed by atoms with Crippen molar-refractivity contribution in [2.45, 2.75) is 13.0 Å². The first-order chi connectivity index (χ1) is 12.3. The van der Waals surface area contributed by atoms with Crippen LogP contribution >= 0.6 is 12.4 Å². The van der Waals surface area contributed by atoms with Gasteiger partial charge in [0, 0.05) is 31.7 Å². The van der Waals surface area contributed by atoms with Crippen molar-refractivity contribution in [2.24, 2.45) is 0 Å². The zero-order chi connectivity index (χ0) is 17.3. The lowest BCUT2D eigenvalue weighted by molar-refractivity contribution is -0.116. The van der Waals surface area contributed by atoms with Crippen LogP contribution < -0.4 is 10.1 Å². The first-order valence-electron chi connectivity index (χ1n) is 8.66. The number of hydrogen-bond acceptors (Lipinski definition) is 4. The van der Waals surface area contributed by atoms with Crippen LogP contribution in [0, 0.1) is 0 Å². The predicted octanol–water partition coefficient (Wildman–Crippen LogP) is 3.35. The molecule has 1 saturated heterocycles. The normalized spacial score (nSPS) is 14.3. The highest BCUT2D eigenvalue weighted by molar-refractivity contribution is 5.90. The average molecular weight is 377 g/mol. The maximum absolute atomic E-state index is 12.1. The third-order valence-corrected chi connectivity index (χ3v) is 4.15. The number of anilines is 1. The summed E-state index contributed by atoms with van der Waals surface area (Å²) < 4.78 is 11.1. The lowest BCUT2D eigenvalue weighted by Crippen LogP contribution is -2.38. The molecule has 0 radical (unpaired) electrons. The van der Waals surface area contributed by atoms with E-state index in [1.165, 1.54) is 0 Å². The number of amides is 1. The summed E-state index contributed by atoms with van der Waals surface area (Å²) in [4.78, 5) is 14.3. The summed E-state index contributed by atoms with van der Waals surface area (Å²) in [6, 6.07) is 17.5. The van der Waals surface area contributed by atoms with E-state index in [4.69, 9.17) is 9.47 Å². The van der Waals surface area contributed by atoms with Gasteiger partial charge in [0.2, 0.25) is 5.91 Å². The van der Waals surface area contributed by atoms with E-state index in [9.17, 15) is 4.79 Å². The number of nitrogens with one attached hydrogen (secondary N) is 1. The molecular formula is C20H25ClN2O3. The number of morpholine rings is 1. The maximum atomic E-state index is 12.1. The van der Waals surface area contributed by atoms with Crippen molar-refractivity contribution in [2.75, 3.05) is 38.2 Å². The molecule has 1 fully saturated rings. The van der Waals surface area contributed by atoms with Gasteiger partial charge in [-0.05, 0) is 29.8 Å². The molecule has 6 heteroatoms. The van der Waals surface area contributed by atoms with E-state index >= 15 is 0 Å². The van der Waals surface area contributed by atoms with E-state index in [0.717, 1.165) is 49.8 Å². The second-order valence-electron chi connectivity index (χ2n) is 6.05. The molecule has 0 saturated carbocycles. The SMILES string of the molecule is Cl.O=C(CCN1CCOCC1)Nc1ccc(OCc2ccccc2)cc1. The van der Waals surface area contributed by atoms with Crippen LogP contribution in [0.15, 0.2) is 54.6 Å². The number of rotatable bonds is 7. The van der Waals surface area contributed by atoms with Gasteiger partial charge in [-0.3, -0.25) is 9.69 Å². The van der Waals surface area contributed by atoms with Gasteiger partial charge in [-0.15, -0.1) is 12.4 Å². The number of nitrogens with zero attached hydrogens (tertiary/aromatic N) is 1. The van der Waals surface area contributed by atoms with Crippen LogP contribution in [0.25, 0.3) is 0 Å². The highest BCUT2D eigenvalue weighted by Crippen LogP contribution is 2.17. The zero-order valence-electron chi connectivity index (χ0n) is 14.7. The molecule has 0 aromatic heterocycles. The van der Waals surface area contributed by atoms with Crippen molar-refractivity contribution in [3.63, 3.8) is 0 Å². The lowest BCUT2D eigenvalue weighted by atomic mass is 10.2. The molecule has 0 unspecified atom stereocenters. The van der Waals surface area contributed by atoms with E-state index in [-0.39, 0.29) is 18.3 Å². The first kappa shape index (κ1) is 20.2. The van der Waals surface area contributed by atoms with Gasteiger partial charge in [0.15, 0.2) is 0 Å². The second-order valence-corrected chi connectivity index (χ2v) is 6.05. The smallest absolute Gasteiger partial charge is 0.225 e. The fourth-order valence-corrected chi connectivity index (χ4v) is 2.68. The highest BCUT2D eigenvalue weighted by Gasteiger charge is 2.12. The Labute approximate surface area is 160 Å². The molecule has 2 aromatic carbocycles. The first-order valence-corrected chi connectivity index (χ1v) is 8.66. The molecule has 0 atom stereocenters. The molecule has 1 aliphatic heterocycles. The van der Waals surface area contributed by atoms with Crippen LogP contribution in [0.3, 0.4) is 0 Å². The van der Waals surface area contributed by atoms with E-state index in [0.29, 0.717) is 13.0 Å². The lowest BCUT2D eigenvalue weighted by Gasteiger charge is -2.26. The van der Waals surface area contributed by atoms with Gasteiger partial charge < -0.3 is 14.8 Å². The third kappa shape index (κ3) is 6.67. The number of hydrogen-bond donors (Lipinski definition) is 1. The average Bonchev–Trinajstić information content (AvgIpc) is 2.67. The quantitative estimate of drug-likeness (QED) is 0.805. The largest absolute Gasteiger partial charge is 0.489 e. The monoisotopic (exact) mass is 376 g/mol. The van der Waals surface area contributed by atoms with Gasteiger partial charge in [0.1, 0.15) is 12.4 Å². The second kappa shape index (κ2) is 10.8. The molecule has 140 valence electrons. The van der Waals surface area contributed by atoms with E-state index < -0.39 is 0 Å². The Bertz CT molecular complexity index is 659. The molecule has 1 heterocycles. The molecule has 1 N–H and O–H groups in total. The van der Waals surface area contributed by atoms with E-state index in [1.807, 2.05) is 54.6 Å². The predicted molar refractivity (Wildman–Crippen MR) is 105 cm³/mol. The van der Waals surface area contributed by atoms with Crippen LogP contribution in [0.4, 0.5) is 5.69 Å². The maximum Gasteiger partial charge on any atom is 0.225 e. The van der Waals surface area contributed by atoms with Crippen LogP contribution in [-0.4, -0.2) is 43.7 Å². The van der Waals surface area contributed by atoms with Crippen molar-refractivity contribution in [1.82, 2.24) is 4.90 Å². The minimum absolute atomic E-state index is 0. The summed E-state index contributed by atoms with van der Waals surface area (Å²) in [5.74, 6) is 0.819. The summed E-state index contributed by atoms with van der Waals surface area (Å²) in [5.41, 5.74) is 1.92. The fourth-order valence-electron chi connectivity index (χ4n) is 2.68. The Hall–Kier alpha value is -2.08. The number of carbonyl (C=O) groups is 1. The van der Waals surface area contributed by atoms with Crippen LogP contribution in [0.5, 0.6) is 5.75 Å². The van der Waals surface area contributed by atoms with Gasteiger partial charge >= 0.3 is 0 Å². The molecule has 1 amide bonds.